The first kappa shape index (κ1) is 26.5. The first-order chi connectivity index (χ1) is 17.7. The van der Waals surface area contributed by atoms with Gasteiger partial charge in [-0.2, -0.15) is 0 Å². The molecule has 0 spiro atoms. The Morgan fingerprint density at radius 3 is 2.46 bits per heavy atom. The number of hydrogen-bond donors (Lipinski definition) is 1. The van der Waals surface area contributed by atoms with Crippen LogP contribution in [0.25, 0.3) is 0 Å². The second kappa shape index (κ2) is 11.3. The van der Waals surface area contributed by atoms with Crippen LogP contribution < -0.4 is 14.8 Å². The molecule has 198 valence electrons. The largest absolute Gasteiger partial charge is 0.493 e. The van der Waals surface area contributed by atoms with Crippen molar-refractivity contribution in [2.75, 3.05) is 27.4 Å². The highest BCUT2D eigenvalue weighted by molar-refractivity contribution is 6.04. The number of benzene rings is 1. The molecule has 2 heterocycles. The third kappa shape index (κ3) is 5.59. The van der Waals surface area contributed by atoms with E-state index in [9.17, 15) is 9.59 Å². The third-order valence-electron chi connectivity index (χ3n) is 6.74. The van der Waals surface area contributed by atoms with E-state index in [0.717, 1.165) is 11.3 Å². The Kier molecular flexibility index (Phi) is 8.07. The molecule has 0 fully saturated rings. The van der Waals surface area contributed by atoms with Crippen molar-refractivity contribution in [2.24, 2.45) is 0 Å². The number of carbonyl (C=O) groups excluding carboxylic acids is 2. The molecule has 0 saturated heterocycles. The Morgan fingerprint density at radius 1 is 1.05 bits per heavy atom. The van der Waals surface area contributed by atoms with Crippen LogP contribution in [-0.2, 0) is 19.1 Å². The Bertz CT molecular complexity index is 1240. The van der Waals surface area contributed by atoms with Crippen LogP contribution in [0.15, 0.2) is 57.3 Å². The number of methoxy groups -OCH3 is 2. The summed E-state index contributed by atoms with van der Waals surface area (Å²) in [5.74, 6) is 1.31. The number of hydrogen-bond acceptors (Lipinski definition) is 8. The number of furan rings is 1. The molecule has 0 saturated carbocycles. The van der Waals surface area contributed by atoms with E-state index in [1.807, 2.05) is 58.0 Å². The van der Waals surface area contributed by atoms with E-state index in [2.05, 4.69) is 5.32 Å². The van der Waals surface area contributed by atoms with Gasteiger partial charge in [0.05, 0.1) is 38.4 Å². The minimum Gasteiger partial charge on any atom is -0.493 e. The lowest BCUT2D eigenvalue weighted by Gasteiger charge is -2.35. The van der Waals surface area contributed by atoms with Crippen LogP contribution in [0.4, 0.5) is 0 Å². The fourth-order valence-electron chi connectivity index (χ4n) is 5.04. The van der Waals surface area contributed by atoms with Crippen molar-refractivity contribution < 1.29 is 33.0 Å². The van der Waals surface area contributed by atoms with E-state index >= 15 is 0 Å². The molecule has 1 aliphatic heterocycles. The number of aryl methyl sites for hydroxylation is 1. The van der Waals surface area contributed by atoms with Gasteiger partial charge >= 0.3 is 5.97 Å². The molecule has 0 unspecified atom stereocenters. The van der Waals surface area contributed by atoms with Crippen molar-refractivity contribution in [1.82, 2.24) is 5.32 Å². The summed E-state index contributed by atoms with van der Waals surface area (Å²) in [6.45, 7) is 7.94. The smallest absolute Gasteiger partial charge is 0.336 e. The molecule has 0 bridgehead atoms. The standard InChI is InChI=1S/C29H35NO7/c1-16(2)35-11-12-36-29(32)26-18(4)30-21-13-20(19-8-10-23(33-5)25(15-19)34-6)14-22(31)27(21)28(26)24-9-7-17(3)37-24/h7-10,15-16,20,28,30H,11-14H2,1-6H3/t20-,28-/m1/s1. The first-order valence-corrected chi connectivity index (χ1v) is 12.5. The summed E-state index contributed by atoms with van der Waals surface area (Å²) in [6.07, 6.45) is 0.950. The normalized spacial score (nSPS) is 19.6. The van der Waals surface area contributed by atoms with Gasteiger partial charge in [0.25, 0.3) is 0 Å². The molecule has 1 aliphatic carbocycles. The summed E-state index contributed by atoms with van der Waals surface area (Å²) >= 11 is 0. The van der Waals surface area contributed by atoms with Gasteiger partial charge in [0.2, 0.25) is 0 Å². The van der Waals surface area contributed by atoms with Gasteiger partial charge in [0.15, 0.2) is 17.3 Å². The zero-order valence-electron chi connectivity index (χ0n) is 22.3. The fraction of sp³-hybridized carbons (Fsp3) is 0.448. The number of dihydropyridines is 1. The summed E-state index contributed by atoms with van der Waals surface area (Å²) in [5, 5.41) is 3.35. The Labute approximate surface area is 217 Å². The first-order valence-electron chi connectivity index (χ1n) is 12.5. The summed E-state index contributed by atoms with van der Waals surface area (Å²) < 4.78 is 27.8. The van der Waals surface area contributed by atoms with Gasteiger partial charge in [-0.05, 0) is 69.9 Å². The summed E-state index contributed by atoms with van der Waals surface area (Å²) in [5.41, 5.74) is 3.37. The highest BCUT2D eigenvalue weighted by atomic mass is 16.6. The minimum atomic E-state index is -0.637. The van der Waals surface area contributed by atoms with E-state index in [4.69, 9.17) is 23.4 Å². The number of nitrogens with one attached hydrogen (secondary N) is 1. The quantitative estimate of drug-likeness (QED) is 0.375. The van der Waals surface area contributed by atoms with Crippen LogP contribution in [-0.4, -0.2) is 45.3 Å². The molecule has 8 heteroatoms. The van der Waals surface area contributed by atoms with Crippen molar-refractivity contribution in [3.05, 3.63) is 70.0 Å². The number of Topliss-reactive ketones (excluding diaryl/α,β-unsaturated/α-hetero) is 1. The number of esters is 1. The topological polar surface area (TPSA) is 96.2 Å². The van der Waals surface area contributed by atoms with Crippen molar-refractivity contribution in [1.29, 1.82) is 0 Å². The second-order valence-electron chi connectivity index (χ2n) is 9.64. The Morgan fingerprint density at radius 2 is 1.81 bits per heavy atom. The van der Waals surface area contributed by atoms with Crippen LogP contribution >= 0.6 is 0 Å². The van der Waals surface area contributed by atoms with Crippen LogP contribution in [0.3, 0.4) is 0 Å². The van der Waals surface area contributed by atoms with Crippen LogP contribution in [0.5, 0.6) is 11.5 Å². The van der Waals surface area contributed by atoms with Crippen molar-refractivity contribution in [2.45, 2.75) is 58.5 Å². The monoisotopic (exact) mass is 509 g/mol. The van der Waals surface area contributed by atoms with Gasteiger partial charge in [0, 0.05) is 23.4 Å². The molecular formula is C29H35NO7. The maximum atomic E-state index is 13.7. The zero-order chi connectivity index (χ0) is 26.7. The van der Waals surface area contributed by atoms with E-state index in [1.165, 1.54) is 0 Å². The Balaban J connectivity index is 1.66. The summed E-state index contributed by atoms with van der Waals surface area (Å²) in [7, 11) is 3.19. The van der Waals surface area contributed by atoms with Crippen molar-refractivity contribution in [3.63, 3.8) is 0 Å². The van der Waals surface area contributed by atoms with Gasteiger partial charge in [-0.15, -0.1) is 0 Å². The van der Waals surface area contributed by atoms with E-state index < -0.39 is 11.9 Å². The highest BCUT2D eigenvalue weighted by Crippen LogP contribution is 2.46. The lowest BCUT2D eigenvalue weighted by molar-refractivity contribution is -0.141. The van der Waals surface area contributed by atoms with E-state index in [1.54, 1.807) is 14.2 Å². The van der Waals surface area contributed by atoms with Gasteiger partial charge < -0.3 is 28.7 Å². The summed E-state index contributed by atoms with van der Waals surface area (Å²) in [4.78, 5) is 27.0. The van der Waals surface area contributed by atoms with Gasteiger partial charge in [-0.25, -0.2) is 4.79 Å². The van der Waals surface area contributed by atoms with Crippen molar-refractivity contribution >= 4 is 11.8 Å². The number of ketones is 1. The molecule has 1 aromatic heterocycles. The van der Waals surface area contributed by atoms with E-state index in [-0.39, 0.29) is 24.4 Å². The molecule has 37 heavy (non-hydrogen) atoms. The SMILES string of the molecule is COc1ccc([C@H]2CC(=O)C3=C(C2)NC(C)=C(C(=O)OCCOC(C)C)[C@H]3c2ccc(C)o2)cc1OC. The lowest BCUT2D eigenvalue weighted by Crippen LogP contribution is -2.36. The maximum absolute atomic E-state index is 13.7. The molecule has 1 N–H and O–H groups in total. The molecular weight excluding hydrogens is 474 g/mol. The van der Waals surface area contributed by atoms with Gasteiger partial charge in [0.1, 0.15) is 18.1 Å². The number of rotatable bonds is 9. The number of allylic oxidation sites excluding steroid dienone is 3. The van der Waals surface area contributed by atoms with Crippen molar-refractivity contribution in [3.8, 4) is 11.5 Å². The van der Waals surface area contributed by atoms with Gasteiger partial charge in [-0.3, -0.25) is 4.79 Å². The summed E-state index contributed by atoms with van der Waals surface area (Å²) in [6, 6.07) is 9.40. The maximum Gasteiger partial charge on any atom is 0.336 e. The van der Waals surface area contributed by atoms with Crippen LogP contribution in [0, 0.1) is 6.92 Å². The molecule has 2 aromatic rings. The zero-order valence-corrected chi connectivity index (χ0v) is 22.3. The molecule has 2 aliphatic rings. The average molecular weight is 510 g/mol. The number of ether oxygens (including phenoxy) is 4. The Hall–Kier alpha value is -3.52. The predicted octanol–water partition coefficient (Wildman–Crippen LogP) is 4.94. The predicted molar refractivity (Wildman–Crippen MR) is 138 cm³/mol. The van der Waals surface area contributed by atoms with Crippen LogP contribution in [0.1, 0.15) is 62.5 Å². The lowest BCUT2D eigenvalue weighted by atomic mass is 9.73. The fourth-order valence-corrected chi connectivity index (χ4v) is 5.04. The molecule has 0 amide bonds. The molecule has 1 aromatic carbocycles. The molecule has 8 nitrogen and oxygen atoms in total. The van der Waals surface area contributed by atoms with Gasteiger partial charge in [-0.1, -0.05) is 6.07 Å². The molecule has 0 radical (unpaired) electrons. The minimum absolute atomic E-state index is 0.0338. The third-order valence-corrected chi connectivity index (χ3v) is 6.74. The number of carbonyl (C=O) groups is 2. The molecule has 2 atom stereocenters. The van der Waals surface area contributed by atoms with Crippen LogP contribution in [0.2, 0.25) is 0 Å². The van der Waals surface area contributed by atoms with E-state index in [0.29, 0.717) is 59.3 Å². The molecule has 4 rings (SSSR count). The highest BCUT2D eigenvalue weighted by Gasteiger charge is 2.43. The average Bonchev–Trinajstić information content (AvgIpc) is 3.30. The second-order valence-corrected chi connectivity index (χ2v) is 9.64.